The van der Waals surface area contributed by atoms with Crippen LogP contribution in [0.3, 0.4) is 0 Å². The lowest BCUT2D eigenvalue weighted by Gasteiger charge is -2.24. The van der Waals surface area contributed by atoms with Gasteiger partial charge in [-0.15, -0.1) is 0 Å². The molecule has 44 heavy (non-hydrogen) atoms. The molecule has 2 aliphatic rings. The second kappa shape index (κ2) is 9.75. The number of carbonyl (C=O) groups is 1. The third-order valence-electron chi connectivity index (χ3n) is 9.12. The first-order valence-corrected chi connectivity index (χ1v) is 14.7. The summed E-state index contributed by atoms with van der Waals surface area (Å²) >= 11 is 0. The van der Waals surface area contributed by atoms with Crippen molar-refractivity contribution in [3.05, 3.63) is 82.4 Å². The molecule has 6 aromatic rings. The van der Waals surface area contributed by atoms with E-state index in [4.69, 9.17) is 9.72 Å². The van der Waals surface area contributed by atoms with Gasteiger partial charge in [0.25, 0.3) is 0 Å². The first kappa shape index (κ1) is 26.6. The molecule has 0 atom stereocenters. The Balaban J connectivity index is 1.39. The summed E-state index contributed by atoms with van der Waals surface area (Å²) < 4.78 is 29.0. The Morgan fingerprint density at radius 3 is 2.57 bits per heavy atom. The molecular formula is C33H30FN7O3. The minimum Gasteiger partial charge on any atom is -0.381 e. The summed E-state index contributed by atoms with van der Waals surface area (Å²) in [7, 11) is 5.49. The first-order chi connectivity index (χ1) is 21.3. The number of benzene rings is 3. The second-order valence-corrected chi connectivity index (χ2v) is 11.8. The fraction of sp³-hybridized carbons (Fsp3) is 0.273. The zero-order valence-corrected chi connectivity index (χ0v) is 24.6. The van der Waals surface area contributed by atoms with Crippen LogP contribution < -0.4 is 11.0 Å². The summed E-state index contributed by atoms with van der Waals surface area (Å²) in [6.45, 7) is 1.32. The molecule has 2 aliphatic heterocycles. The molecule has 0 aliphatic carbocycles. The Morgan fingerprint density at radius 1 is 0.977 bits per heavy atom. The Kier molecular flexibility index (Phi) is 5.89. The number of imidazole rings is 3. The molecule has 1 fully saturated rings. The largest absolute Gasteiger partial charge is 0.381 e. The van der Waals surface area contributed by atoms with E-state index in [1.807, 2.05) is 47.5 Å². The normalized spacial score (nSPS) is 15.4. The van der Waals surface area contributed by atoms with E-state index in [0.29, 0.717) is 41.2 Å². The number of rotatable bonds is 4. The van der Waals surface area contributed by atoms with Crippen LogP contribution in [0, 0.1) is 5.82 Å². The highest BCUT2D eigenvalue weighted by atomic mass is 19.1. The van der Waals surface area contributed by atoms with E-state index >= 15 is 4.39 Å². The van der Waals surface area contributed by atoms with Crippen molar-refractivity contribution in [3.63, 3.8) is 0 Å². The maximum Gasteiger partial charge on any atom is 0.328 e. The SMILES string of the molecule is Cn1cncc1-c1nc2cc(-c3ccc4c(c3)CC(=O)N4)c(F)cc2n1-c1cc(C2CCOCC2)c2c(c1)n(C)c(=O)n2C. The molecule has 3 aromatic heterocycles. The third-order valence-corrected chi connectivity index (χ3v) is 9.12. The van der Waals surface area contributed by atoms with Gasteiger partial charge in [-0.05, 0) is 65.8 Å². The predicted octanol–water partition coefficient (Wildman–Crippen LogP) is 4.81. The van der Waals surface area contributed by atoms with Crippen molar-refractivity contribution in [2.75, 3.05) is 18.5 Å². The molecule has 8 rings (SSSR count). The van der Waals surface area contributed by atoms with Gasteiger partial charge in [0.1, 0.15) is 11.5 Å². The van der Waals surface area contributed by atoms with Crippen LogP contribution in [0.4, 0.5) is 10.1 Å². The average Bonchev–Trinajstić information content (AvgIpc) is 3.77. The molecule has 0 bridgehead atoms. The molecule has 11 heteroatoms. The molecule has 10 nitrogen and oxygen atoms in total. The lowest BCUT2D eigenvalue weighted by atomic mass is 9.90. The number of amides is 1. The summed E-state index contributed by atoms with van der Waals surface area (Å²) in [6, 6.07) is 12.9. The summed E-state index contributed by atoms with van der Waals surface area (Å²) in [4.78, 5) is 34.4. The zero-order valence-electron chi connectivity index (χ0n) is 24.6. The highest BCUT2D eigenvalue weighted by molar-refractivity contribution is 6.00. The van der Waals surface area contributed by atoms with Crippen LogP contribution in [0.1, 0.15) is 29.9 Å². The maximum atomic E-state index is 16.1. The smallest absolute Gasteiger partial charge is 0.328 e. The van der Waals surface area contributed by atoms with Crippen LogP contribution in [0.25, 0.3) is 50.4 Å². The van der Waals surface area contributed by atoms with E-state index in [2.05, 4.69) is 16.4 Å². The van der Waals surface area contributed by atoms with Gasteiger partial charge in [0.2, 0.25) is 5.91 Å². The van der Waals surface area contributed by atoms with Crippen molar-refractivity contribution in [2.24, 2.45) is 21.1 Å². The number of nitrogens with zero attached hydrogens (tertiary/aromatic N) is 6. The number of nitrogens with one attached hydrogen (secondary N) is 1. The predicted molar refractivity (Wildman–Crippen MR) is 166 cm³/mol. The number of ether oxygens (including phenoxy) is 1. The average molecular weight is 592 g/mol. The Labute approximate surface area is 251 Å². The zero-order chi connectivity index (χ0) is 30.3. The van der Waals surface area contributed by atoms with Crippen molar-refractivity contribution in [2.45, 2.75) is 25.2 Å². The monoisotopic (exact) mass is 591 g/mol. The lowest BCUT2D eigenvalue weighted by molar-refractivity contribution is -0.115. The minimum absolute atomic E-state index is 0.0688. The summed E-state index contributed by atoms with van der Waals surface area (Å²) in [5, 5.41) is 2.83. The Hall–Kier alpha value is -5.03. The van der Waals surface area contributed by atoms with Gasteiger partial charge in [0, 0.05) is 51.7 Å². The van der Waals surface area contributed by atoms with E-state index in [-0.39, 0.29) is 23.9 Å². The van der Waals surface area contributed by atoms with Crippen LogP contribution in [0.15, 0.2) is 59.8 Å². The van der Waals surface area contributed by atoms with Crippen LogP contribution in [-0.4, -0.2) is 47.4 Å². The molecule has 0 unspecified atom stereocenters. The number of carbonyl (C=O) groups excluding carboxylic acids is 1. The van der Waals surface area contributed by atoms with Crippen LogP contribution in [0.5, 0.6) is 0 Å². The van der Waals surface area contributed by atoms with Gasteiger partial charge in [0.15, 0.2) is 5.82 Å². The number of halogens is 1. The topological polar surface area (TPSA) is 101 Å². The fourth-order valence-electron chi connectivity index (χ4n) is 6.84. The Bertz CT molecular complexity index is 2210. The molecule has 5 heterocycles. The van der Waals surface area contributed by atoms with Crippen molar-refractivity contribution >= 4 is 33.7 Å². The van der Waals surface area contributed by atoms with Gasteiger partial charge < -0.3 is 14.6 Å². The standard InChI is InChI=1S/C33H30FN7O3/c1-38-17-35-16-29(38)32-37-26-14-22(19-4-5-25-20(10-19)11-30(42)36-25)24(34)15-27(26)41(32)21-12-23(18-6-8-44-9-7-18)31-28(13-21)39(2)33(43)40(31)3/h4-5,10,12-18H,6-9,11H2,1-3H3,(H,36,42). The molecular weight excluding hydrogens is 561 g/mol. The van der Waals surface area contributed by atoms with Crippen molar-refractivity contribution < 1.29 is 13.9 Å². The second-order valence-electron chi connectivity index (χ2n) is 11.8. The summed E-state index contributed by atoms with van der Waals surface area (Å²) in [5.74, 6) is 0.350. The molecule has 1 saturated heterocycles. The van der Waals surface area contributed by atoms with Crippen molar-refractivity contribution in [1.82, 2.24) is 28.2 Å². The van der Waals surface area contributed by atoms with Gasteiger partial charge in [-0.1, -0.05) is 6.07 Å². The van der Waals surface area contributed by atoms with Gasteiger partial charge in [-0.3, -0.25) is 18.5 Å². The molecule has 0 radical (unpaired) electrons. The number of aryl methyl sites for hydroxylation is 3. The van der Waals surface area contributed by atoms with Crippen molar-refractivity contribution in [1.29, 1.82) is 0 Å². The number of hydrogen-bond acceptors (Lipinski definition) is 5. The molecule has 0 spiro atoms. The van der Waals surface area contributed by atoms with E-state index in [1.165, 1.54) is 6.07 Å². The Morgan fingerprint density at radius 2 is 1.80 bits per heavy atom. The maximum absolute atomic E-state index is 16.1. The minimum atomic E-state index is -0.398. The van der Waals surface area contributed by atoms with Crippen molar-refractivity contribution in [3.8, 4) is 28.3 Å². The quantitative estimate of drug-likeness (QED) is 0.317. The molecule has 1 amide bonds. The number of anilines is 1. The van der Waals surface area contributed by atoms with Gasteiger partial charge in [-0.25, -0.2) is 19.2 Å². The van der Waals surface area contributed by atoms with Gasteiger partial charge in [-0.2, -0.15) is 0 Å². The molecule has 3 aromatic carbocycles. The van der Waals surface area contributed by atoms with E-state index in [0.717, 1.165) is 52.1 Å². The van der Waals surface area contributed by atoms with E-state index in [1.54, 1.807) is 34.8 Å². The van der Waals surface area contributed by atoms with Gasteiger partial charge >= 0.3 is 5.69 Å². The van der Waals surface area contributed by atoms with E-state index in [9.17, 15) is 9.59 Å². The number of hydrogen-bond donors (Lipinski definition) is 1. The fourth-order valence-corrected chi connectivity index (χ4v) is 6.84. The highest BCUT2D eigenvalue weighted by Gasteiger charge is 2.26. The van der Waals surface area contributed by atoms with Crippen LogP contribution >= 0.6 is 0 Å². The molecule has 222 valence electrons. The third kappa shape index (κ3) is 3.96. The number of fused-ring (bicyclic) bond motifs is 3. The van der Waals surface area contributed by atoms with Crippen LogP contribution in [0.2, 0.25) is 0 Å². The van der Waals surface area contributed by atoms with Gasteiger partial charge in [0.05, 0.1) is 46.7 Å². The molecule has 1 N–H and O–H groups in total. The molecule has 0 saturated carbocycles. The van der Waals surface area contributed by atoms with E-state index < -0.39 is 5.82 Å². The summed E-state index contributed by atoms with van der Waals surface area (Å²) in [5.41, 5.74) is 8.11. The first-order valence-electron chi connectivity index (χ1n) is 14.7. The highest BCUT2D eigenvalue weighted by Crippen LogP contribution is 2.38. The lowest BCUT2D eigenvalue weighted by Crippen LogP contribution is -2.20. The van der Waals surface area contributed by atoms with Crippen LogP contribution in [-0.2, 0) is 37.1 Å². The number of aromatic nitrogens is 6. The summed E-state index contributed by atoms with van der Waals surface area (Å²) in [6.07, 6.45) is 5.42.